The molecule has 105 valence electrons. The minimum absolute atomic E-state index is 0.934. The van der Waals surface area contributed by atoms with Gasteiger partial charge in [-0.2, -0.15) is 0 Å². The molecule has 0 N–H and O–H groups in total. The summed E-state index contributed by atoms with van der Waals surface area (Å²) in [6, 6.07) is 0. The molecule has 0 aliphatic rings. The Balaban J connectivity index is 3.06. The lowest BCUT2D eigenvalue weighted by Gasteiger charge is -1.97. The van der Waals surface area contributed by atoms with Crippen LogP contribution in [0.1, 0.15) is 84.0 Å². The van der Waals surface area contributed by atoms with E-state index in [9.17, 15) is 0 Å². The molecule has 18 heavy (non-hydrogen) atoms. The molecular weight excluding hydrogens is 216 g/mol. The Hall–Kier alpha value is -0.520. The van der Waals surface area contributed by atoms with E-state index in [4.69, 9.17) is 0 Å². The summed E-state index contributed by atoms with van der Waals surface area (Å²) in [6.45, 7) is 6.06. The van der Waals surface area contributed by atoms with Gasteiger partial charge in [-0.15, -0.1) is 0 Å². The van der Waals surface area contributed by atoms with Crippen LogP contribution in [-0.2, 0) is 0 Å². The lowest BCUT2D eigenvalue weighted by atomic mass is 10.1. The van der Waals surface area contributed by atoms with Crippen LogP contribution in [0.2, 0.25) is 0 Å². The zero-order valence-corrected chi connectivity index (χ0v) is 12.5. The van der Waals surface area contributed by atoms with E-state index in [1.54, 1.807) is 0 Å². The topological polar surface area (TPSA) is 0 Å². The molecule has 0 spiro atoms. The van der Waals surface area contributed by atoms with E-state index in [0.717, 1.165) is 6.42 Å². The van der Waals surface area contributed by atoms with Gasteiger partial charge in [0, 0.05) is 0 Å². The van der Waals surface area contributed by atoms with Gasteiger partial charge in [0.25, 0.3) is 0 Å². The molecule has 0 nitrogen and oxygen atoms in total. The average molecular weight is 249 g/mol. The summed E-state index contributed by atoms with van der Waals surface area (Å²) in [5, 5.41) is 0. The fraction of sp³-hybridized carbons (Fsp3) is 0.722. The quantitative estimate of drug-likeness (QED) is 0.254. The molecule has 0 aromatic heterocycles. The fourth-order valence-electron chi connectivity index (χ4n) is 2.04. The van der Waals surface area contributed by atoms with E-state index in [1.165, 1.54) is 70.6 Å². The molecular formula is C18H33. The lowest BCUT2D eigenvalue weighted by molar-refractivity contribution is 0.649. The van der Waals surface area contributed by atoms with Crippen molar-refractivity contribution in [2.24, 2.45) is 0 Å². The van der Waals surface area contributed by atoms with Crippen molar-refractivity contribution in [3.8, 4) is 0 Å². The minimum atomic E-state index is 0.934. The third-order valence-electron chi connectivity index (χ3n) is 3.22. The molecule has 0 bridgehead atoms. The van der Waals surface area contributed by atoms with Crippen molar-refractivity contribution in [1.82, 2.24) is 0 Å². The summed E-state index contributed by atoms with van der Waals surface area (Å²) >= 11 is 0. The Bertz CT molecular complexity index is 188. The molecule has 0 aromatic carbocycles. The Labute approximate surface area is 116 Å². The van der Waals surface area contributed by atoms with Gasteiger partial charge in [-0.3, -0.25) is 0 Å². The molecule has 0 aliphatic heterocycles. The highest BCUT2D eigenvalue weighted by molar-refractivity contribution is 4.82. The van der Waals surface area contributed by atoms with E-state index in [1.807, 2.05) is 0 Å². The maximum atomic E-state index is 3.79. The van der Waals surface area contributed by atoms with Gasteiger partial charge in [0.05, 0.1) is 0 Å². The Kier molecular flexibility index (Phi) is 16.0. The van der Waals surface area contributed by atoms with Crippen LogP contribution in [0.15, 0.2) is 24.3 Å². The number of hydrogen-bond acceptors (Lipinski definition) is 0. The molecule has 0 saturated heterocycles. The monoisotopic (exact) mass is 249 g/mol. The van der Waals surface area contributed by atoms with Gasteiger partial charge in [-0.1, -0.05) is 63.3 Å². The number of unbranched alkanes of at least 4 members (excludes halogenated alkanes) is 9. The number of hydrogen-bond donors (Lipinski definition) is 0. The van der Waals surface area contributed by atoms with E-state index >= 15 is 0 Å². The van der Waals surface area contributed by atoms with Gasteiger partial charge in [-0.25, -0.2) is 0 Å². The van der Waals surface area contributed by atoms with Crippen molar-refractivity contribution >= 4 is 0 Å². The summed E-state index contributed by atoms with van der Waals surface area (Å²) in [5.41, 5.74) is 0. The largest absolute Gasteiger partial charge is 0.0885 e. The van der Waals surface area contributed by atoms with Gasteiger partial charge < -0.3 is 0 Å². The predicted octanol–water partition coefficient (Wildman–Crippen LogP) is 6.63. The van der Waals surface area contributed by atoms with Crippen molar-refractivity contribution in [2.45, 2.75) is 84.0 Å². The van der Waals surface area contributed by atoms with E-state index in [2.05, 4.69) is 38.2 Å². The van der Waals surface area contributed by atoms with Crippen LogP contribution in [-0.4, -0.2) is 0 Å². The van der Waals surface area contributed by atoms with E-state index in [-0.39, 0.29) is 0 Å². The van der Waals surface area contributed by atoms with Gasteiger partial charge >= 0.3 is 0 Å². The van der Waals surface area contributed by atoms with Crippen LogP contribution in [0.25, 0.3) is 0 Å². The summed E-state index contributed by atoms with van der Waals surface area (Å²) in [7, 11) is 0. The molecule has 0 saturated carbocycles. The maximum absolute atomic E-state index is 3.79. The SMILES string of the molecule is [CH2]CC=CCCCCCCC=CCCCCCC. The van der Waals surface area contributed by atoms with Crippen LogP contribution < -0.4 is 0 Å². The second-order valence-electron chi connectivity index (χ2n) is 5.07. The molecule has 0 fully saturated rings. The normalized spacial score (nSPS) is 11.9. The van der Waals surface area contributed by atoms with E-state index in [0.29, 0.717) is 0 Å². The molecule has 0 atom stereocenters. The van der Waals surface area contributed by atoms with Crippen LogP contribution in [0.5, 0.6) is 0 Å². The van der Waals surface area contributed by atoms with Gasteiger partial charge in [-0.05, 0) is 51.9 Å². The number of rotatable bonds is 13. The molecule has 0 heterocycles. The minimum Gasteiger partial charge on any atom is -0.0885 e. The van der Waals surface area contributed by atoms with Crippen molar-refractivity contribution < 1.29 is 0 Å². The summed E-state index contributed by atoms with van der Waals surface area (Å²) in [4.78, 5) is 0. The van der Waals surface area contributed by atoms with Crippen molar-refractivity contribution in [1.29, 1.82) is 0 Å². The third kappa shape index (κ3) is 15.5. The van der Waals surface area contributed by atoms with Crippen molar-refractivity contribution in [3.05, 3.63) is 31.2 Å². The zero-order valence-electron chi connectivity index (χ0n) is 12.5. The molecule has 1 radical (unpaired) electrons. The third-order valence-corrected chi connectivity index (χ3v) is 3.22. The zero-order chi connectivity index (χ0) is 13.3. The van der Waals surface area contributed by atoms with Crippen LogP contribution >= 0.6 is 0 Å². The van der Waals surface area contributed by atoms with E-state index < -0.39 is 0 Å². The standard InChI is InChI=1S/C18H33/c1-3-5-7-9-11-13-15-17-18-16-14-12-10-8-6-4-2/h5,7,14,16H,1,3-4,6,8-13,15,17-18H2,2H3. The maximum Gasteiger partial charge on any atom is -0.0351 e. The first-order valence-corrected chi connectivity index (χ1v) is 8.01. The van der Waals surface area contributed by atoms with Crippen LogP contribution in [0.3, 0.4) is 0 Å². The lowest BCUT2D eigenvalue weighted by Crippen LogP contribution is -1.77. The molecule has 0 rings (SSSR count). The Morgan fingerprint density at radius 3 is 1.50 bits per heavy atom. The summed E-state index contributed by atoms with van der Waals surface area (Å²) < 4.78 is 0. The summed E-state index contributed by atoms with van der Waals surface area (Å²) in [5.74, 6) is 0. The Morgan fingerprint density at radius 1 is 0.611 bits per heavy atom. The van der Waals surface area contributed by atoms with Crippen molar-refractivity contribution in [2.75, 3.05) is 0 Å². The first kappa shape index (κ1) is 17.5. The highest BCUT2D eigenvalue weighted by Crippen LogP contribution is 2.08. The van der Waals surface area contributed by atoms with Gasteiger partial charge in [0.1, 0.15) is 0 Å². The molecule has 0 aliphatic carbocycles. The van der Waals surface area contributed by atoms with Gasteiger partial charge in [0.2, 0.25) is 0 Å². The molecule has 0 aromatic rings. The van der Waals surface area contributed by atoms with Crippen LogP contribution in [0.4, 0.5) is 0 Å². The fourth-order valence-corrected chi connectivity index (χ4v) is 2.04. The summed E-state index contributed by atoms with van der Waals surface area (Å²) in [6.07, 6.45) is 24.9. The first-order valence-electron chi connectivity index (χ1n) is 8.01. The second-order valence-corrected chi connectivity index (χ2v) is 5.07. The average Bonchev–Trinajstić information content (AvgIpc) is 2.39. The molecule has 0 unspecified atom stereocenters. The molecule has 0 amide bonds. The second kappa shape index (κ2) is 16.5. The number of allylic oxidation sites excluding steroid dienone is 4. The first-order chi connectivity index (χ1) is 8.91. The van der Waals surface area contributed by atoms with Gasteiger partial charge in [0.15, 0.2) is 0 Å². The smallest absolute Gasteiger partial charge is 0.0351 e. The highest BCUT2D eigenvalue weighted by atomic mass is 13.9. The molecule has 0 heteroatoms. The van der Waals surface area contributed by atoms with Crippen LogP contribution in [0, 0.1) is 6.92 Å². The van der Waals surface area contributed by atoms with Crippen molar-refractivity contribution in [3.63, 3.8) is 0 Å². The Morgan fingerprint density at radius 2 is 1.06 bits per heavy atom. The predicted molar refractivity (Wildman–Crippen MR) is 84.7 cm³/mol. The highest BCUT2D eigenvalue weighted by Gasteiger charge is 1.88.